The summed E-state index contributed by atoms with van der Waals surface area (Å²) < 4.78 is 0.0271. The molecular formula is C22H27OS+. The summed E-state index contributed by atoms with van der Waals surface area (Å²) in [5.74, 6) is 0.282. The fourth-order valence-electron chi connectivity index (χ4n) is 3.87. The summed E-state index contributed by atoms with van der Waals surface area (Å²) in [4.78, 5) is 2.75. The van der Waals surface area contributed by atoms with E-state index in [1.165, 1.54) is 15.4 Å². The molecule has 4 unspecified atom stereocenters. The Bertz CT molecular complexity index is 719. The highest BCUT2D eigenvalue weighted by Crippen LogP contribution is 2.44. The van der Waals surface area contributed by atoms with Crippen molar-refractivity contribution in [3.8, 4) is 0 Å². The van der Waals surface area contributed by atoms with Gasteiger partial charge in [-0.25, -0.2) is 0 Å². The van der Waals surface area contributed by atoms with E-state index in [0.717, 1.165) is 12.0 Å². The number of benzene rings is 2. The van der Waals surface area contributed by atoms with Gasteiger partial charge in [0.25, 0.3) is 0 Å². The van der Waals surface area contributed by atoms with E-state index in [1.54, 1.807) is 0 Å². The molecule has 0 saturated carbocycles. The van der Waals surface area contributed by atoms with Crippen LogP contribution >= 0.6 is 0 Å². The van der Waals surface area contributed by atoms with Crippen LogP contribution in [0.2, 0.25) is 0 Å². The Morgan fingerprint density at radius 2 is 1.54 bits per heavy atom. The molecule has 24 heavy (non-hydrogen) atoms. The summed E-state index contributed by atoms with van der Waals surface area (Å²) in [6.07, 6.45) is 3.02. The molecule has 4 atom stereocenters. The fourth-order valence-corrected chi connectivity index (χ4v) is 6.79. The quantitative estimate of drug-likeness (QED) is 0.606. The van der Waals surface area contributed by atoms with E-state index < -0.39 is 0 Å². The van der Waals surface area contributed by atoms with Crippen molar-refractivity contribution in [1.82, 2.24) is 0 Å². The first kappa shape index (κ1) is 17.3. The van der Waals surface area contributed by atoms with Gasteiger partial charge < -0.3 is 5.11 Å². The molecule has 126 valence electrons. The van der Waals surface area contributed by atoms with Crippen LogP contribution in [0.15, 0.2) is 76.0 Å². The zero-order valence-electron chi connectivity index (χ0n) is 15.0. The first-order valence-electron chi connectivity index (χ1n) is 8.64. The summed E-state index contributed by atoms with van der Waals surface area (Å²) >= 11 is 0. The molecule has 0 fully saturated rings. The second-order valence-electron chi connectivity index (χ2n) is 7.26. The van der Waals surface area contributed by atoms with E-state index in [1.807, 2.05) is 0 Å². The van der Waals surface area contributed by atoms with Gasteiger partial charge in [0.05, 0.1) is 17.0 Å². The predicted octanol–water partition coefficient (Wildman–Crippen LogP) is 5.14. The minimum absolute atomic E-state index is 0.0271. The number of aliphatic hydroxyl groups excluding tert-OH is 1. The molecule has 1 aliphatic carbocycles. The highest BCUT2D eigenvalue weighted by atomic mass is 32.2. The molecule has 0 aromatic heterocycles. The minimum atomic E-state index is -0.308. The SMILES string of the molecule is CC1=CC(C)([S+](c2ccccc2)c2ccc(C)cc2)CC(C)C1O. The maximum absolute atomic E-state index is 10.4. The second-order valence-corrected chi connectivity index (χ2v) is 9.75. The number of aryl methyl sites for hydroxylation is 1. The summed E-state index contributed by atoms with van der Waals surface area (Å²) in [6, 6.07) is 19.8. The molecular weight excluding hydrogens is 312 g/mol. The van der Waals surface area contributed by atoms with Crippen molar-refractivity contribution in [1.29, 1.82) is 0 Å². The average molecular weight is 340 g/mol. The van der Waals surface area contributed by atoms with Crippen molar-refractivity contribution in [3.63, 3.8) is 0 Å². The summed E-state index contributed by atoms with van der Waals surface area (Å²) in [5, 5.41) is 10.4. The van der Waals surface area contributed by atoms with Crippen molar-refractivity contribution >= 4 is 10.9 Å². The molecule has 0 radical (unpaired) electrons. The largest absolute Gasteiger partial charge is 0.388 e. The van der Waals surface area contributed by atoms with Crippen molar-refractivity contribution in [3.05, 3.63) is 71.8 Å². The highest BCUT2D eigenvalue weighted by molar-refractivity contribution is 7.98. The molecule has 0 spiro atoms. The van der Waals surface area contributed by atoms with Crippen LogP contribution < -0.4 is 0 Å². The Morgan fingerprint density at radius 1 is 0.958 bits per heavy atom. The zero-order valence-corrected chi connectivity index (χ0v) is 15.8. The molecule has 1 aliphatic rings. The Kier molecular flexibility index (Phi) is 4.89. The lowest BCUT2D eigenvalue weighted by atomic mass is 9.82. The summed E-state index contributed by atoms with van der Waals surface area (Å²) in [6.45, 7) is 8.73. The molecule has 2 aromatic carbocycles. The van der Waals surface area contributed by atoms with Gasteiger partial charge in [-0.15, -0.1) is 0 Å². The van der Waals surface area contributed by atoms with Crippen molar-refractivity contribution < 1.29 is 5.11 Å². The first-order valence-corrected chi connectivity index (χ1v) is 9.87. The molecule has 2 heteroatoms. The Hall–Kier alpha value is -1.51. The number of aliphatic hydroxyl groups is 1. The predicted molar refractivity (Wildman–Crippen MR) is 103 cm³/mol. The fraction of sp³-hybridized carbons (Fsp3) is 0.364. The highest BCUT2D eigenvalue weighted by Gasteiger charge is 2.49. The van der Waals surface area contributed by atoms with Crippen LogP contribution in [0.5, 0.6) is 0 Å². The second kappa shape index (κ2) is 6.78. The molecule has 1 N–H and O–H groups in total. The molecule has 0 heterocycles. The van der Waals surface area contributed by atoms with E-state index in [9.17, 15) is 5.11 Å². The van der Waals surface area contributed by atoms with E-state index in [-0.39, 0.29) is 27.7 Å². The topological polar surface area (TPSA) is 20.2 Å². The first-order chi connectivity index (χ1) is 11.4. The van der Waals surface area contributed by atoms with Gasteiger partial charge in [-0.2, -0.15) is 0 Å². The van der Waals surface area contributed by atoms with E-state index in [2.05, 4.69) is 88.4 Å². The lowest BCUT2D eigenvalue weighted by Gasteiger charge is -2.36. The van der Waals surface area contributed by atoms with Gasteiger partial charge in [-0.1, -0.05) is 42.8 Å². The van der Waals surface area contributed by atoms with Gasteiger partial charge in [0.1, 0.15) is 0 Å². The van der Waals surface area contributed by atoms with Gasteiger partial charge in [0.15, 0.2) is 14.5 Å². The van der Waals surface area contributed by atoms with E-state index >= 15 is 0 Å². The number of hydrogen-bond acceptors (Lipinski definition) is 1. The van der Waals surface area contributed by atoms with Gasteiger partial charge >= 0.3 is 0 Å². The number of hydrogen-bond donors (Lipinski definition) is 1. The minimum Gasteiger partial charge on any atom is -0.388 e. The molecule has 0 saturated heterocycles. The van der Waals surface area contributed by atoms with Crippen LogP contribution in [0, 0.1) is 12.8 Å². The number of rotatable bonds is 3. The summed E-state index contributed by atoms with van der Waals surface area (Å²) in [5.41, 5.74) is 2.40. The van der Waals surface area contributed by atoms with E-state index in [4.69, 9.17) is 0 Å². The van der Waals surface area contributed by atoms with Gasteiger partial charge in [-0.3, -0.25) is 0 Å². The third-order valence-corrected chi connectivity index (χ3v) is 7.67. The van der Waals surface area contributed by atoms with Crippen molar-refractivity contribution in [2.45, 2.75) is 54.8 Å². The standard InChI is InChI=1S/C22H27OS/c1-16-10-12-20(13-11-16)24(19-8-6-5-7-9-19)22(4)14-17(2)21(23)18(3)15-22/h5-14,18,21,23H,15H2,1-4H3/q+1. The third kappa shape index (κ3) is 3.31. The molecule has 3 rings (SSSR count). The molecule has 0 aliphatic heterocycles. The van der Waals surface area contributed by atoms with Crippen LogP contribution in [0.25, 0.3) is 0 Å². The van der Waals surface area contributed by atoms with Crippen molar-refractivity contribution in [2.24, 2.45) is 5.92 Å². The normalized spacial score (nSPS) is 28.3. The third-order valence-electron chi connectivity index (χ3n) is 4.97. The van der Waals surface area contributed by atoms with Crippen LogP contribution in [0.3, 0.4) is 0 Å². The Labute approximate surface area is 148 Å². The lowest BCUT2D eigenvalue weighted by Crippen LogP contribution is -2.42. The summed E-state index contributed by atoms with van der Waals surface area (Å²) in [7, 11) is -0.0554. The smallest absolute Gasteiger partial charge is 0.161 e. The van der Waals surface area contributed by atoms with Crippen molar-refractivity contribution in [2.75, 3.05) is 0 Å². The molecule has 0 amide bonds. The van der Waals surface area contributed by atoms with Crippen LogP contribution in [0.1, 0.15) is 32.8 Å². The van der Waals surface area contributed by atoms with Crippen LogP contribution in [-0.2, 0) is 10.9 Å². The molecule has 0 bridgehead atoms. The van der Waals surface area contributed by atoms with Gasteiger partial charge in [-0.05, 0) is 62.6 Å². The van der Waals surface area contributed by atoms with E-state index in [0.29, 0.717) is 0 Å². The average Bonchev–Trinajstić information content (AvgIpc) is 2.55. The zero-order chi connectivity index (χ0) is 17.3. The monoisotopic (exact) mass is 339 g/mol. The Morgan fingerprint density at radius 3 is 2.12 bits per heavy atom. The van der Waals surface area contributed by atoms with Gasteiger partial charge in [0.2, 0.25) is 0 Å². The molecule has 2 aromatic rings. The maximum Gasteiger partial charge on any atom is 0.161 e. The Balaban J connectivity index is 2.13. The van der Waals surface area contributed by atoms with Gasteiger partial charge in [0, 0.05) is 6.42 Å². The molecule has 1 nitrogen and oxygen atoms in total. The van der Waals surface area contributed by atoms with Crippen LogP contribution in [-0.4, -0.2) is 16.0 Å². The lowest BCUT2D eigenvalue weighted by molar-refractivity contribution is 0.132. The maximum atomic E-state index is 10.4. The van der Waals surface area contributed by atoms with Crippen LogP contribution in [0.4, 0.5) is 0 Å².